The Balaban J connectivity index is 2.10. The minimum absolute atomic E-state index is 0.0816. The SMILES string of the molecule is OC1CCCC1c1n[nH]c(=S)n1-c1ccccc1. The van der Waals surface area contributed by atoms with Gasteiger partial charge in [0, 0.05) is 11.6 Å². The zero-order chi connectivity index (χ0) is 12.5. The molecule has 2 aromatic rings. The van der Waals surface area contributed by atoms with Gasteiger partial charge in [-0.2, -0.15) is 5.10 Å². The summed E-state index contributed by atoms with van der Waals surface area (Å²) in [5.41, 5.74) is 0.991. The highest BCUT2D eigenvalue weighted by molar-refractivity contribution is 7.71. The third-order valence-electron chi connectivity index (χ3n) is 3.52. The molecular formula is C13H15N3OS. The highest BCUT2D eigenvalue weighted by Crippen LogP contribution is 2.34. The molecule has 4 nitrogen and oxygen atoms in total. The van der Waals surface area contributed by atoms with Gasteiger partial charge in [-0.05, 0) is 37.2 Å². The number of para-hydroxylation sites is 1. The summed E-state index contributed by atoms with van der Waals surface area (Å²) in [6, 6.07) is 9.90. The van der Waals surface area contributed by atoms with Crippen LogP contribution in [0.5, 0.6) is 0 Å². The summed E-state index contributed by atoms with van der Waals surface area (Å²) >= 11 is 5.29. The van der Waals surface area contributed by atoms with E-state index in [1.165, 1.54) is 0 Å². The van der Waals surface area contributed by atoms with Crippen molar-refractivity contribution in [3.63, 3.8) is 0 Å². The molecule has 0 bridgehead atoms. The van der Waals surface area contributed by atoms with Crippen LogP contribution in [0.2, 0.25) is 0 Å². The Morgan fingerprint density at radius 1 is 1.28 bits per heavy atom. The standard InChI is InChI=1S/C13H15N3OS/c17-11-8-4-7-10(11)12-14-15-13(18)16(12)9-5-2-1-3-6-9/h1-3,5-6,10-11,17H,4,7-8H2,(H,15,18). The largest absolute Gasteiger partial charge is 0.392 e. The molecule has 5 heteroatoms. The van der Waals surface area contributed by atoms with Crippen LogP contribution in [0, 0.1) is 4.77 Å². The van der Waals surface area contributed by atoms with Gasteiger partial charge in [0.2, 0.25) is 0 Å². The van der Waals surface area contributed by atoms with Crippen LogP contribution in [0.1, 0.15) is 31.0 Å². The number of aromatic nitrogens is 3. The molecule has 94 valence electrons. The van der Waals surface area contributed by atoms with Gasteiger partial charge in [-0.3, -0.25) is 9.67 Å². The summed E-state index contributed by atoms with van der Waals surface area (Å²) < 4.78 is 2.50. The van der Waals surface area contributed by atoms with Crippen molar-refractivity contribution in [1.82, 2.24) is 14.8 Å². The Bertz CT molecular complexity index is 590. The summed E-state index contributed by atoms with van der Waals surface area (Å²) in [6.45, 7) is 0. The van der Waals surface area contributed by atoms with Crippen molar-refractivity contribution in [2.45, 2.75) is 31.3 Å². The molecule has 0 amide bonds. The maximum atomic E-state index is 10.0. The van der Waals surface area contributed by atoms with Crippen LogP contribution in [0.3, 0.4) is 0 Å². The Morgan fingerprint density at radius 2 is 2.06 bits per heavy atom. The topological polar surface area (TPSA) is 53.8 Å². The number of H-pyrrole nitrogens is 1. The lowest BCUT2D eigenvalue weighted by molar-refractivity contribution is 0.160. The van der Waals surface area contributed by atoms with E-state index in [2.05, 4.69) is 10.2 Å². The van der Waals surface area contributed by atoms with E-state index in [4.69, 9.17) is 12.2 Å². The summed E-state index contributed by atoms with van der Waals surface area (Å²) in [4.78, 5) is 0. The Kier molecular flexibility index (Phi) is 3.01. The number of hydrogen-bond acceptors (Lipinski definition) is 3. The second kappa shape index (κ2) is 4.66. The number of aliphatic hydroxyl groups is 1. The van der Waals surface area contributed by atoms with Crippen molar-refractivity contribution in [2.75, 3.05) is 0 Å². The maximum absolute atomic E-state index is 10.0. The zero-order valence-corrected chi connectivity index (χ0v) is 10.7. The molecule has 0 aliphatic heterocycles. The Hall–Kier alpha value is -1.46. The van der Waals surface area contributed by atoms with Crippen molar-refractivity contribution in [3.8, 4) is 5.69 Å². The van der Waals surface area contributed by atoms with E-state index < -0.39 is 0 Å². The van der Waals surface area contributed by atoms with Crippen molar-refractivity contribution < 1.29 is 5.11 Å². The minimum atomic E-state index is -0.308. The number of aliphatic hydroxyl groups excluding tert-OH is 1. The minimum Gasteiger partial charge on any atom is -0.392 e. The number of hydrogen-bond donors (Lipinski definition) is 2. The van der Waals surface area contributed by atoms with E-state index in [1.54, 1.807) is 0 Å². The van der Waals surface area contributed by atoms with Gasteiger partial charge in [-0.1, -0.05) is 24.6 Å². The van der Waals surface area contributed by atoms with E-state index in [0.29, 0.717) is 4.77 Å². The number of benzene rings is 1. The molecule has 3 rings (SSSR count). The monoisotopic (exact) mass is 261 g/mol. The van der Waals surface area contributed by atoms with Gasteiger partial charge in [0.15, 0.2) is 4.77 Å². The van der Waals surface area contributed by atoms with Gasteiger partial charge < -0.3 is 5.11 Å². The first-order chi connectivity index (χ1) is 8.77. The third kappa shape index (κ3) is 1.89. The molecule has 1 aromatic carbocycles. The lowest BCUT2D eigenvalue weighted by Crippen LogP contribution is -2.16. The fraction of sp³-hybridized carbons (Fsp3) is 0.385. The number of nitrogens with one attached hydrogen (secondary N) is 1. The van der Waals surface area contributed by atoms with Gasteiger partial charge in [0.05, 0.1) is 6.10 Å². The van der Waals surface area contributed by atoms with Crippen LogP contribution in [0.25, 0.3) is 5.69 Å². The van der Waals surface area contributed by atoms with Crippen LogP contribution >= 0.6 is 12.2 Å². The maximum Gasteiger partial charge on any atom is 0.199 e. The van der Waals surface area contributed by atoms with Gasteiger partial charge in [0.25, 0.3) is 0 Å². The summed E-state index contributed by atoms with van der Waals surface area (Å²) in [6.07, 6.45) is 2.55. The molecule has 1 aliphatic rings. The number of aromatic amines is 1. The van der Waals surface area contributed by atoms with Crippen LogP contribution in [-0.4, -0.2) is 26.0 Å². The van der Waals surface area contributed by atoms with Crippen LogP contribution in [0.4, 0.5) is 0 Å². The van der Waals surface area contributed by atoms with Crippen LogP contribution < -0.4 is 0 Å². The lowest BCUT2D eigenvalue weighted by atomic mass is 10.1. The van der Waals surface area contributed by atoms with Gasteiger partial charge in [-0.15, -0.1) is 0 Å². The third-order valence-corrected chi connectivity index (χ3v) is 3.80. The predicted molar refractivity (Wildman–Crippen MR) is 71.3 cm³/mol. The molecule has 0 spiro atoms. The van der Waals surface area contributed by atoms with Gasteiger partial charge in [0.1, 0.15) is 5.82 Å². The van der Waals surface area contributed by atoms with E-state index in [9.17, 15) is 5.11 Å². The van der Waals surface area contributed by atoms with Crippen molar-refractivity contribution >= 4 is 12.2 Å². The molecule has 0 saturated heterocycles. The number of nitrogens with zero attached hydrogens (tertiary/aromatic N) is 2. The zero-order valence-electron chi connectivity index (χ0n) is 9.91. The van der Waals surface area contributed by atoms with Gasteiger partial charge in [-0.25, -0.2) is 0 Å². The van der Waals surface area contributed by atoms with E-state index >= 15 is 0 Å². The van der Waals surface area contributed by atoms with Crippen molar-refractivity contribution in [1.29, 1.82) is 0 Å². The van der Waals surface area contributed by atoms with E-state index in [0.717, 1.165) is 30.8 Å². The molecule has 18 heavy (non-hydrogen) atoms. The first-order valence-corrected chi connectivity index (χ1v) is 6.59. The summed E-state index contributed by atoms with van der Waals surface area (Å²) in [5.74, 6) is 0.925. The quantitative estimate of drug-likeness (QED) is 0.817. The molecule has 1 aliphatic carbocycles. The smallest absolute Gasteiger partial charge is 0.199 e. The van der Waals surface area contributed by atoms with Crippen molar-refractivity contribution in [3.05, 3.63) is 40.9 Å². The van der Waals surface area contributed by atoms with Gasteiger partial charge >= 0.3 is 0 Å². The van der Waals surface area contributed by atoms with E-state index in [1.807, 2.05) is 34.9 Å². The molecule has 2 N–H and O–H groups in total. The first kappa shape index (κ1) is 11.6. The van der Waals surface area contributed by atoms with Crippen molar-refractivity contribution in [2.24, 2.45) is 0 Å². The fourth-order valence-corrected chi connectivity index (χ4v) is 2.87. The highest BCUT2D eigenvalue weighted by atomic mass is 32.1. The predicted octanol–water partition coefficient (Wildman–Crippen LogP) is 2.56. The molecule has 1 aromatic heterocycles. The second-order valence-corrected chi connectivity index (χ2v) is 5.05. The van der Waals surface area contributed by atoms with Crippen LogP contribution in [-0.2, 0) is 0 Å². The van der Waals surface area contributed by atoms with Crippen LogP contribution in [0.15, 0.2) is 30.3 Å². The summed E-state index contributed by atoms with van der Waals surface area (Å²) in [5, 5.41) is 17.2. The fourth-order valence-electron chi connectivity index (χ4n) is 2.63. The molecular weight excluding hydrogens is 246 g/mol. The molecule has 1 fully saturated rings. The molecule has 1 saturated carbocycles. The molecule has 0 radical (unpaired) electrons. The lowest BCUT2D eigenvalue weighted by Gasteiger charge is -2.15. The molecule has 2 unspecified atom stereocenters. The summed E-state index contributed by atoms with van der Waals surface area (Å²) in [7, 11) is 0. The Morgan fingerprint density at radius 3 is 2.72 bits per heavy atom. The highest BCUT2D eigenvalue weighted by Gasteiger charge is 2.31. The molecule has 2 atom stereocenters. The second-order valence-electron chi connectivity index (χ2n) is 4.66. The number of rotatable bonds is 2. The Labute approximate surface area is 110 Å². The average molecular weight is 261 g/mol. The molecule has 1 heterocycles. The normalized spacial score (nSPS) is 23.4. The first-order valence-electron chi connectivity index (χ1n) is 6.18. The average Bonchev–Trinajstić information content (AvgIpc) is 2.96. The van der Waals surface area contributed by atoms with E-state index in [-0.39, 0.29) is 12.0 Å².